The van der Waals surface area contributed by atoms with Gasteiger partial charge in [0.1, 0.15) is 17.0 Å². The summed E-state index contributed by atoms with van der Waals surface area (Å²) in [7, 11) is 0. The van der Waals surface area contributed by atoms with E-state index in [1.807, 2.05) is 20.8 Å². The van der Waals surface area contributed by atoms with E-state index in [0.29, 0.717) is 6.42 Å². The van der Waals surface area contributed by atoms with Crippen LogP contribution in [0.2, 0.25) is 10.0 Å². The van der Waals surface area contributed by atoms with E-state index in [-0.39, 0.29) is 38.5 Å². The lowest BCUT2D eigenvalue weighted by atomic mass is 9.62. The van der Waals surface area contributed by atoms with Gasteiger partial charge in [-0.25, -0.2) is 8.78 Å². The average molecular weight is 549 g/mol. The lowest BCUT2D eigenvalue weighted by molar-refractivity contribution is -0.124. The third-order valence-corrected chi connectivity index (χ3v) is 8.21. The molecule has 4 nitrogen and oxygen atoms in total. The van der Waals surface area contributed by atoms with Crippen LogP contribution in [0.15, 0.2) is 36.4 Å². The van der Waals surface area contributed by atoms with E-state index in [1.54, 1.807) is 6.07 Å². The fourth-order valence-electron chi connectivity index (χ4n) is 6.09. The Morgan fingerprint density at radius 1 is 1.16 bits per heavy atom. The summed E-state index contributed by atoms with van der Waals surface area (Å²) >= 11 is 12.2. The molecule has 2 aliphatic rings. The van der Waals surface area contributed by atoms with Crippen LogP contribution in [0.4, 0.5) is 8.78 Å². The second kappa shape index (κ2) is 10.9. The molecule has 0 radical (unpaired) electrons. The molecule has 1 saturated carbocycles. The molecule has 8 heteroatoms. The smallest absolute Gasteiger partial charge is 0.238 e. The molecule has 0 unspecified atom stereocenters. The Morgan fingerprint density at radius 3 is 2.49 bits per heavy atom. The van der Waals surface area contributed by atoms with Gasteiger partial charge in [0, 0.05) is 28.6 Å². The molecular weight excluding hydrogens is 515 g/mol. The number of hydrogen-bond donors (Lipinski definition) is 2. The minimum Gasteiger partial charge on any atom is -0.352 e. The van der Waals surface area contributed by atoms with Crippen molar-refractivity contribution in [2.75, 3.05) is 0 Å². The molecular formula is C29H33Cl2F2N3O. The van der Waals surface area contributed by atoms with Gasteiger partial charge in [-0.15, -0.1) is 0 Å². The Balaban J connectivity index is 1.93. The molecule has 1 amide bonds. The number of amides is 1. The molecule has 2 fully saturated rings. The summed E-state index contributed by atoms with van der Waals surface area (Å²) in [5.74, 6) is -2.74. The van der Waals surface area contributed by atoms with Crippen LogP contribution in [0.25, 0.3) is 0 Å². The number of halogens is 4. The van der Waals surface area contributed by atoms with Crippen LogP contribution in [0, 0.1) is 28.4 Å². The first-order valence-corrected chi connectivity index (χ1v) is 13.6. The molecule has 1 aliphatic carbocycles. The summed E-state index contributed by atoms with van der Waals surface area (Å²) in [5.41, 5.74) is -1.70. The second-order valence-corrected chi connectivity index (χ2v) is 12.4. The van der Waals surface area contributed by atoms with E-state index < -0.39 is 35.1 Å². The zero-order valence-electron chi connectivity index (χ0n) is 21.4. The van der Waals surface area contributed by atoms with Crippen molar-refractivity contribution in [2.45, 2.75) is 88.8 Å². The van der Waals surface area contributed by atoms with Gasteiger partial charge < -0.3 is 10.6 Å². The van der Waals surface area contributed by atoms with Crippen LogP contribution in [0.3, 0.4) is 0 Å². The van der Waals surface area contributed by atoms with Crippen molar-refractivity contribution in [3.63, 3.8) is 0 Å². The summed E-state index contributed by atoms with van der Waals surface area (Å²) in [4.78, 5) is 13.8. The maximum Gasteiger partial charge on any atom is 0.238 e. The number of rotatable bonds is 5. The highest BCUT2D eigenvalue weighted by molar-refractivity contribution is 6.31. The van der Waals surface area contributed by atoms with Gasteiger partial charge in [0.15, 0.2) is 0 Å². The molecule has 4 atom stereocenters. The van der Waals surface area contributed by atoms with Crippen LogP contribution in [0.1, 0.15) is 76.3 Å². The van der Waals surface area contributed by atoms with Gasteiger partial charge in [0.25, 0.3) is 0 Å². The molecule has 0 bridgehead atoms. The first-order valence-electron chi connectivity index (χ1n) is 12.8. The van der Waals surface area contributed by atoms with Gasteiger partial charge in [0.05, 0.1) is 17.1 Å². The average Bonchev–Trinajstić information content (AvgIpc) is 3.14. The molecule has 4 rings (SSSR count). The van der Waals surface area contributed by atoms with Gasteiger partial charge in [-0.2, -0.15) is 5.26 Å². The molecule has 2 aromatic carbocycles. The quantitative estimate of drug-likeness (QED) is 0.421. The first-order chi connectivity index (χ1) is 17.5. The Labute approximate surface area is 227 Å². The maximum atomic E-state index is 15.7. The van der Waals surface area contributed by atoms with Crippen LogP contribution in [-0.4, -0.2) is 24.0 Å². The zero-order chi connectivity index (χ0) is 27.0. The summed E-state index contributed by atoms with van der Waals surface area (Å²) in [6.45, 7) is 6.04. The van der Waals surface area contributed by atoms with E-state index in [1.165, 1.54) is 24.3 Å². The van der Waals surface area contributed by atoms with Gasteiger partial charge in [-0.3, -0.25) is 4.79 Å². The standard InChI is InChI=1S/C29H33Cl2F2N3O/c1-28(2,3)15-23-29(16-34,20-13-12-17(30)14-22(20)32)24(19-10-7-11-21(31)25(19)33)26(36-23)27(37)35-18-8-5-4-6-9-18/h7,10-14,18,23-24,26,36H,4-6,8-9,15H2,1-3H3,(H,35,37)/t23-,24-,26+,29-/m0/s1. The summed E-state index contributed by atoms with van der Waals surface area (Å²) in [6, 6.07) is 9.47. The monoisotopic (exact) mass is 547 g/mol. The molecule has 1 aliphatic heterocycles. The molecule has 0 spiro atoms. The van der Waals surface area contributed by atoms with E-state index in [2.05, 4.69) is 16.7 Å². The van der Waals surface area contributed by atoms with Gasteiger partial charge in [-0.05, 0) is 48.4 Å². The molecule has 0 aromatic heterocycles. The Kier molecular flexibility index (Phi) is 8.19. The number of nitrogens with one attached hydrogen (secondary N) is 2. The highest BCUT2D eigenvalue weighted by Crippen LogP contribution is 2.52. The van der Waals surface area contributed by atoms with E-state index >= 15 is 8.78 Å². The summed E-state index contributed by atoms with van der Waals surface area (Å²) in [6.07, 6.45) is 5.37. The Bertz CT molecular complexity index is 1200. The number of nitrogens with zero attached hydrogens (tertiary/aromatic N) is 1. The van der Waals surface area contributed by atoms with Gasteiger partial charge in [-0.1, -0.05) is 81.4 Å². The Hall–Kier alpha value is -2.20. The van der Waals surface area contributed by atoms with Crippen molar-refractivity contribution < 1.29 is 13.6 Å². The van der Waals surface area contributed by atoms with Crippen molar-refractivity contribution in [1.29, 1.82) is 5.26 Å². The number of nitriles is 1. The largest absolute Gasteiger partial charge is 0.352 e. The molecule has 37 heavy (non-hydrogen) atoms. The van der Waals surface area contributed by atoms with E-state index in [4.69, 9.17) is 23.2 Å². The number of carbonyl (C=O) groups excluding carboxylic acids is 1. The molecule has 2 aromatic rings. The zero-order valence-corrected chi connectivity index (χ0v) is 22.9. The number of carbonyl (C=O) groups is 1. The molecule has 198 valence electrons. The maximum absolute atomic E-state index is 15.7. The molecule has 1 saturated heterocycles. The van der Waals surface area contributed by atoms with Crippen LogP contribution in [0.5, 0.6) is 0 Å². The Morgan fingerprint density at radius 2 is 1.86 bits per heavy atom. The molecule has 1 heterocycles. The minimum absolute atomic E-state index is 0.0123. The SMILES string of the molecule is CC(C)(C)C[C@@H]1N[C@@H](C(=O)NC2CCCCC2)[C@H](c2cccc(Cl)c2F)[C@@]1(C#N)c1ccc(Cl)cc1F. The van der Waals surface area contributed by atoms with E-state index in [0.717, 1.165) is 38.2 Å². The highest BCUT2D eigenvalue weighted by Gasteiger charge is 2.61. The van der Waals surface area contributed by atoms with Crippen molar-refractivity contribution in [3.05, 3.63) is 69.2 Å². The molecule has 2 N–H and O–H groups in total. The first kappa shape index (κ1) is 27.8. The predicted octanol–water partition coefficient (Wildman–Crippen LogP) is 7.04. The van der Waals surface area contributed by atoms with Crippen LogP contribution < -0.4 is 10.6 Å². The summed E-state index contributed by atoms with van der Waals surface area (Å²) in [5, 5.41) is 17.4. The fraction of sp³-hybridized carbons (Fsp3) is 0.517. The highest BCUT2D eigenvalue weighted by atomic mass is 35.5. The van der Waals surface area contributed by atoms with Crippen molar-refractivity contribution in [1.82, 2.24) is 10.6 Å². The summed E-state index contributed by atoms with van der Waals surface area (Å²) < 4.78 is 31.3. The second-order valence-electron chi connectivity index (χ2n) is 11.5. The van der Waals surface area contributed by atoms with E-state index in [9.17, 15) is 10.1 Å². The predicted molar refractivity (Wildman–Crippen MR) is 143 cm³/mol. The number of hydrogen-bond acceptors (Lipinski definition) is 3. The van der Waals surface area contributed by atoms with Gasteiger partial charge in [0.2, 0.25) is 5.91 Å². The van der Waals surface area contributed by atoms with Gasteiger partial charge >= 0.3 is 0 Å². The third-order valence-electron chi connectivity index (χ3n) is 7.68. The van der Waals surface area contributed by atoms with Crippen LogP contribution >= 0.6 is 23.2 Å². The van der Waals surface area contributed by atoms with Crippen molar-refractivity contribution in [2.24, 2.45) is 5.41 Å². The third kappa shape index (κ3) is 5.50. The van der Waals surface area contributed by atoms with Crippen LogP contribution in [-0.2, 0) is 10.2 Å². The lowest BCUT2D eigenvalue weighted by Crippen LogP contribution is -2.49. The topological polar surface area (TPSA) is 64.9 Å². The number of benzene rings is 2. The lowest BCUT2D eigenvalue weighted by Gasteiger charge is -2.37. The normalized spacial score (nSPS) is 26.6. The fourth-order valence-corrected chi connectivity index (χ4v) is 6.44. The minimum atomic E-state index is -1.61. The van der Waals surface area contributed by atoms with Crippen molar-refractivity contribution >= 4 is 29.1 Å². The van der Waals surface area contributed by atoms with Crippen molar-refractivity contribution in [3.8, 4) is 6.07 Å².